The fraction of sp³-hybridized carbons (Fsp3) is 0.491. The highest BCUT2D eigenvalue weighted by Gasteiger charge is 2.49. The zero-order valence-corrected chi connectivity index (χ0v) is 43.8. The Morgan fingerprint density at radius 1 is 0.817 bits per heavy atom. The van der Waals surface area contributed by atoms with Gasteiger partial charge < -0.3 is 15.1 Å². The second-order valence-corrected chi connectivity index (χ2v) is 26.3. The number of sulfonamides is 1. The predicted octanol–water partition coefficient (Wildman–Crippen LogP) is 9.92. The molecule has 4 fully saturated rings. The number of amides is 1. The molecule has 1 amide bonds. The smallest absolute Gasteiger partial charge is 0.380 e. The number of benzene rings is 4. The molecule has 3 heterocycles. The van der Waals surface area contributed by atoms with Crippen LogP contribution in [0.4, 0.5) is 24.5 Å². The van der Waals surface area contributed by atoms with Crippen molar-refractivity contribution in [2.24, 2.45) is 17.3 Å². The summed E-state index contributed by atoms with van der Waals surface area (Å²) in [6, 6.07) is 26.2. The molecular weight excluding hydrogens is 989 g/mol. The molecule has 0 aromatic heterocycles. The van der Waals surface area contributed by atoms with E-state index in [0.29, 0.717) is 42.0 Å². The Labute approximate surface area is 426 Å². The number of anilines is 2. The first kappa shape index (κ1) is 51.8. The van der Waals surface area contributed by atoms with Crippen LogP contribution in [0.15, 0.2) is 117 Å². The van der Waals surface area contributed by atoms with E-state index in [4.69, 9.17) is 11.6 Å². The summed E-state index contributed by atoms with van der Waals surface area (Å²) in [5.74, 6) is 0.421. The van der Waals surface area contributed by atoms with Crippen molar-refractivity contribution in [1.29, 1.82) is 0 Å². The van der Waals surface area contributed by atoms with Crippen LogP contribution in [0.3, 0.4) is 0 Å². The highest BCUT2D eigenvalue weighted by Crippen LogP contribution is 2.58. The van der Waals surface area contributed by atoms with Gasteiger partial charge in [0.1, 0.15) is 4.90 Å². The zero-order valence-electron chi connectivity index (χ0n) is 40.6. The van der Waals surface area contributed by atoms with Crippen molar-refractivity contribution in [3.05, 3.63) is 119 Å². The van der Waals surface area contributed by atoms with E-state index in [0.717, 1.165) is 99.5 Å². The summed E-state index contributed by atoms with van der Waals surface area (Å²) in [4.78, 5) is 21.9. The van der Waals surface area contributed by atoms with Crippen molar-refractivity contribution >= 4 is 66.1 Å². The Hall–Kier alpha value is -4.10. The number of thioether (sulfide) groups is 1. The van der Waals surface area contributed by atoms with Crippen molar-refractivity contribution in [2.45, 2.75) is 91.1 Å². The predicted molar refractivity (Wildman–Crippen MR) is 277 cm³/mol. The lowest BCUT2D eigenvalue weighted by Crippen LogP contribution is -2.47. The van der Waals surface area contributed by atoms with Crippen molar-refractivity contribution < 1.29 is 34.8 Å². The first-order chi connectivity index (χ1) is 33.6. The van der Waals surface area contributed by atoms with Crippen LogP contribution in [-0.2, 0) is 19.9 Å². The molecule has 9 rings (SSSR count). The van der Waals surface area contributed by atoms with Crippen LogP contribution in [0, 0.1) is 17.3 Å². The number of hydrogen-bond donors (Lipinski definition) is 2. The average molecular weight is 1050 g/mol. The number of nitrogens with zero attached hydrogens (tertiary/aromatic N) is 4. The van der Waals surface area contributed by atoms with Gasteiger partial charge in [-0.2, -0.15) is 13.2 Å². The Balaban J connectivity index is 0.853. The number of likely N-dealkylation sites (tertiary alicyclic amines) is 2. The molecule has 11 nitrogen and oxygen atoms in total. The fourth-order valence-electron chi connectivity index (χ4n) is 10.9. The first-order valence-electron chi connectivity index (χ1n) is 24.6. The number of piperazine rings is 1. The first-order valence-corrected chi connectivity index (χ1v) is 29.0. The van der Waals surface area contributed by atoms with Gasteiger partial charge in [0.25, 0.3) is 25.8 Å². The van der Waals surface area contributed by atoms with Gasteiger partial charge in [0.15, 0.2) is 0 Å². The summed E-state index contributed by atoms with van der Waals surface area (Å²) in [5, 5.41) is 3.81. The molecule has 0 unspecified atom stereocenters. The highest BCUT2D eigenvalue weighted by atomic mass is 35.5. The number of hydrogen-bond acceptors (Lipinski definition) is 11. The SMILES string of the molecule is CC(C)(C)N1C[C@H]2CN(CC[C@H](CSc3ccccc3)Nc3ccc(S(=O)(=O)NC(=O)c4ccc(N5CCN(CC6=C(c7ccc(Cl)cc7)CCC7(CC7)C6)CC5)cc4)cc3S(=O)(=O)C(F)(F)F)C[C@H]2C1. The number of sulfone groups is 1. The Morgan fingerprint density at radius 3 is 2.10 bits per heavy atom. The van der Waals surface area contributed by atoms with Crippen molar-refractivity contribution in [3.8, 4) is 0 Å². The molecule has 4 aromatic rings. The summed E-state index contributed by atoms with van der Waals surface area (Å²) >= 11 is 7.70. The van der Waals surface area contributed by atoms with Crippen LogP contribution in [0.25, 0.3) is 5.57 Å². The fourth-order valence-corrected chi connectivity index (χ4v) is 14.0. The third-order valence-electron chi connectivity index (χ3n) is 15.3. The molecule has 1 saturated carbocycles. The van der Waals surface area contributed by atoms with Crippen LogP contribution in [-0.4, -0.2) is 126 Å². The van der Waals surface area contributed by atoms with E-state index in [1.165, 1.54) is 59.9 Å². The van der Waals surface area contributed by atoms with Crippen LogP contribution in [0.2, 0.25) is 5.02 Å². The Kier molecular flexibility index (Phi) is 15.1. The van der Waals surface area contributed by atoms with E-state index in [2.05, 4.69) is 57.8 Å². The molecule has 0 bridgehead atoms. The molecule has 3 atom stereocenters. The quantitative estimate of drug-likeness (QED) is 0.104. The molecule has 2 aliphatic carbocycles. The van der Waals surface area contributed by atoms with E-state index in [1.54, 1.807) is 12.1 Å². The van der Waals surface area contributed by atoms with Gasteiger partial charge in [-0.15, -0.1) is 11.8 Å². The second kappa shape index (κ2) is 20.7. The van der Waals surface area contributed by atoms with Gasteiger partial charge in [0.2, 0.25) is 0 Å². The molecule has 71 heavy (non-hydrogen) atoms. The monoisotopic (exact) mass is 1050 g/mol. The van der Waals surface area contributed by atoms with E-state index >= 15 is 0 Å². The molecule has 1 spiro atoms. The summed E-state index contributed by atoms with van der Waals surface area (Å²) in [5.41, 5.74) is -0.489. The summed E-state index contributed by atoms with van der Waals surface area (Å²) < 4.78 is 98.9. The summed E-state index contributed by atoms with van der Waals surface area (Å²) in [7, 11) is -10.9. The molecule has 4 aromatic carbocycles. The summed E-state index contributed by atoms with van der Waals surface area (Å²) in [6.45, 7) is 15.2. The molecule has 3 saturated heterocycles. The van der Waals surface area contributed by atoms with Gasteiger partial charge >= 0.3 is 5.51 Å². The van der Waals surface area contributed by atoms with Gasteiger partial charge in [-0.1, -0.05) is 47.5 Å². The van der Waals surface area contributed by atoms with Crippen LogP contribution < -0.4 is 14.9 Å². The number of allylic oxidation sites excluding steroid dienone is 1. The Bertz CT molecular complexity index is 2800. The van der Waals surface area contributed by atoms with Crippen LogP contribution in [0.1, 0.15) is 75.2 Å². The molecule has 3 aliphatic heterocycles. The Morgan fingerprint density at radius 2 is 1.48 bits per heavy atom. The van der Waals surface area contributed by atoms with Crippen LogP contribution in [0.5, 0.6) is 0 Å². The molecule has 5 aliphatic rings. The van der Waals surface area contributed by atoms with E-state index in [9.17, 15) is 34.8 Å². The lowest BCUT2D eigenvalue weighted by molar-refractivity contribution is -0.0435. The van der Waals surface area contributed by atoms with Gasteiger partial charge in [-0.05, 0) is 154 Å². The van der Waals surface area contributed by atoms with Crippen molar-refractivity contribution in [1.82, 2.24) is 19.4 Å². The molecule has 2 N–H and O–H groups in total. The normalized spacial score (nSPS) is 21.6. The minimum atomic E-state index is -6.06. The summed E-state index contributed by atoms with van der Waals surface area (Å²) in [6.07, 6.45) is 6.52. The second-order valence-electron chi connectivity index (χ2n) is 21.2. The van der Waals surface area contributed by atoms with Crippen molar-refractivity contribution in [2.75, 3.05) is 81.4 Å². The van der Waals surface area contributed by atoms with E-state index in [1.807, 2.05) is 47.2 Å². The molecular formula is C53H64ClF3N6O5S3. The number of fused-ring (bicyclic) bond motifs is 1. The number of carbonyl (C=O) groups is 1. The number of nitrogens with one attached hydrogen (secondary N) is 2. The number of rotatable bonds is 16. The van der Waals surface area contributed by atoms with Gasteiger partial charge in [0, 0.05) is 104 Å². The maximum atomic E-state index is 14.4. The standard InChI is InChI=1S/C53H64ClF3N6O5S3/c1-51(2,3)63-34-40-32-61(33-41(40)35-63)24-20-43(36-69-45-7-5-4-6-8-45)58-48-18-17-46(29-49(48)70(65,66)53(55,56)57)71(67,68)59-50(64)38-11-15-44(16-12-38)62-27-25-60(26-28-62)31-39-30-52(22-23-52)21-19-47(39)37-9-13-42(54)14-10-37/h4-18,29,40-41,43,58H,19-28,30-36H2,1-3H3,(H,59,64)/t40-,41+,43-/m1/s1. The average Bonchev–Trinajstić information content (AvgIpc) is 3.76. The van der Waals surface area contributed by atoms with Crippen LogP contribution >= 0.6 is 23.4 Å². The minimum absolute atomic E-state index is 0.0114. The third-order valence-corrected chi connectivity index (χ3v) is 19.6. The number of alkyl halides is 3. The number of carbonyl (C=O) groups excluding carboxylic acids is 1. The van der Waals surface area contributed by atoms with Crippen molar-refractivity contribution in [3.63, 3.8) is 0 Å². The number of halogens is 4. The molecule has 382 valence electrons. The van der Waals surface area contributed by atoms with Gasteiger partial charge in [-0.25, -0.2) is 21.6 Å². The van der Waals surface area contributed by atoms with Gasteiger partial charge in [0.05, 0.1) is 10.6 Å². The lowest BCUT2D eigenvalue weighted by Gasteiger charge is -2.38. The molecule has 0 radical (unpaired) electrons. The van der Waals surface area contributed by atoms with E-state index < -0.39 is 47.1 Å². The minimum Gasteiger partial charge on any atom is -0.380 e. The topological polar surface area (TPSA) is 122 Å². The highest BCUT2D eigenvalue weighted by molar-refractivity contribution is 7.99. The largest absolute Gasteiger partial charge is 0.501 e. The third kappa shape index (κ3) is 12.1. The molecule has 18 heteroatoms. The zero-order chi connectivity index (χ0) is 50.3. The lowest BCUT2D eigenvalue weighted by atomic mass is 9.79. The van der Waals surface area contributed by atoms with E-state index in [-0.39, 0.29) is 16.8 Å². The van der Waals surface area contributed by atoms with Gasteiger partial charge in [-0.3, -0.25) is 14.6 Å². The maximum absolute atomic E-state index is 14.4. The maximum Gasteiger partial charge on any atom is 0.501 e.